The van der Waals surface area contributed by atoms with E-state index in [2.05, 4.69) is 10.6 Å². The number of hydrogen-bond acceptors (Lipinski definition) is 2. The maximum absolute atomic E-state index is 12.8. The van der Waals surface area contributed by atoms with E-state index in [0.717, 1.165) is 44.5 Å². The van der Waals surface area contributed by atoms with Gasteiger partial charge in [0.05, 0.1) is 15.5 Å². The molecule has 1 atom stereocenters. The first-order valence-corrected chi connectivity index (χ1v) is 8.82. The van der Waals surface area contributed by atoms with Gasteiger partial charge in [0.15, 0.2) is 0 Å². The first-order chi connectivity index (χ1) is 10.6. The number of carbonyl (C=O) groups excluding carboxylic acids is 1. The highest BCUT2D eigenvalue weighted by Crippen LogP contribution is 2.45. The van der Waals surface area contributed by atoms with Crippen molar-refractivity contribution in [2.24, 2.45) is 5.92 Å². The van der Waals surface area contributed by atoms with Gasteiger partial charge in [-0.3, -0.25) is 4.79 Å². The molecule has 1 saturated carbocycles. The molecule has 1 aromatic carbocycles. The number of piperidine rings is 1. The topological polar surface area (TPSA) is 41.1 Å². The van der Waals surface area contributed by atoms with Crippen molar-refractivity contribution in [1.29, 1.82) is 0 Å². The zero-order chi connectivity index (χ0) is 15.6. The van der Waals surface area contributed by atoms with Gasteiger partial charge >= 0.3 is 0 Å². The van der Waals surface area contributed by atoms with Gasteiger partial charge < -0.3 is 10.6 Å². The van der Waals surface area contributed by atoms with E-state index in [4.69, 9.17) is 23.2 Å². The van der Waals surface area contributed by atoms with Crippen molar-refractivity contribution in [2.75, 3.05) is 19.6 Å². The fourth-order valence-electron chi connectivity index (χ4n) is 3.48. The van der Waals surface area contributed by atoms with E-state index >= 15 is 0 Å². The van der Waals surface area contributed by atoms with E-state index in [0.29, 0.717) is 16.0 Å². The molecule has 1 amide bonds. The molecule has 1 saturated heterocycles. The average molecular weight is 378 g/mol. The van der Waals surface area contributed by atoms with E-state index < -0.39 is 5.41 Å². The molecule has 6 heteroatoms. The van der Waals surface area contributed by atoms with Crippen molar-refractivity contribution in [3.05, 3.63) is 33.8 Å². The predicted octanol–water partition coefficient (Wildman–Crippen LogP) is 3.95. The highest BCUT2D eigenvalue weighted by molar-refractivity contribution is 6.42. The number of rotatable bonds is 4. The van der Waals surface area contributed by atoms with Crippen LogP contribution < -0.4 is 10.6 Å². The third-order valence-electron chi connectivity index (χ3n) is 5.06. The lowest BCUT2D eigenvalue weighted by atomic mass is 9.63. The van der Waals surface area contributed by atoms with Crippen LogP contribution >= 0.6 is 35.6 Å². The number of halogens is 3. The molecular weight excluding hydrogens is 355 g/mol. The summed E-state index contributed by atoms with van der Waals surface area (Å²) in [6.07, 6.45) is 5.24. The molecule has 3 nitrogen and oxygen atoms in total. The first kappa shape index (κ1) is 18.9. The van der Waals surface area contributed by atoms with E-state index in [1.54, 1.807) is 6.07 Å². The van der Waals surface area contributed by atoms with Crippen LogP contribution in [0.15, 0.2) is 18.2 Å². The molecule has 1 aliphatic carbocycles. The van der Waals surface area contributed by atoms with E-state index in [9.17, 15) is 4.79 Å². The molecule has 0 aromatic heterocycles. The lowest BCUT2D eigenvalue weighted by Gasteiger charge is -2.41. The van der Waals surface area contributed by atoms with Crippen LogP contribution in [0.1, 0.15) is 37.7 Å². The van der Waals surface area contributed by atoms with Gasteiger partial charge in [0, 0.05) is 6.54 Å². The summed E-state index contributed by atoms with van der Waals surface area (Å²) in [7, 11) is 0. The van der Waals surface area contributed by atoms with Crippen molar-refractivity contribution in [3.63, 3.8) is 0 Å². The molecule has 2 aliphatic rings. The molecule has 2 fully saturated rings. The Morgan fingerprint density at radius 3 is 2.61 bits per heavy atom. The Morgan fingerprint density at radius 2 is 2.04 bits per heavy atom. The fourth-order valence-corrected chi connectivity index (χ4v) is 3.77. The van der Waals surface area contributed by atoms with Crippen molar-refractivity contribution in [1.82, 2.24) is 10.6 Å². The summed E-state index contributed by atoms with van der Waals surface area (Å²) in [5, 5.41) is 7.62. The number of nitrogens with one attached hydrogen (secondary N) is 2. The van der Waals surface area contributed by atoms with Crippen LogP contribution in [0.5, 0.6) is 0 Å². The SMILES string of the molecule is Cl.O=C(NCC1CCCNC1)C1(c2ccc(Cl)c(Cl)c2)CCC1. The van der Waals surface area contributed by atoms with Crippen molar-refractivity contribution < 1.29 is 4.79 Å². The van der Waals surface area contributed by atoms with Gasteiger partial charge in [-0.15, -0.1) is 12.4 Å². The second-order valence-corrected chi connectivity index (χ2v) is 7.30. The molecule has 128 valence electrons. The van der Waals surface area contributed by atoms with Gasteiger partial charge in [0.1, 0.15) is 0 Å². The van der Waals surface area contributed by atoms with E-state index in [1.807, 2.05) is 12.1 Å². The minimum absolute atomic E-state index is 0. The summed E-state index contributed by atoms with van der Waals surface area (Å²) in [6, 6.07) is 5.58. The second kappa shape index (κ2) is 8.06. The Balaban J connectivity index is 0.00000192. The molecule has 1 unspecified atom stereocenters. The smallest absolute Gasteiger partial charge is 0.230 e. The van der Waals surface area contributed by atoms with Crippen LogP contribution in [0.25, 0.3) is 0 Å². The van der Waals surface area contributed by atoms with E-state index in [-0.39, 0.29) is 18.3 Å². The van der Waals surface area contributed by atoms with Crippen molar-refractivity contribution in [2.45, 2.75) is 37.5 Å². The zero-order valence-electron chi connectivity index (χ0n) is 13.0. The van der Waals surface area contributed by atoms with Gasteiger partial charge in [-0.05, 0) is 62.4 Å². The summed E-state index contributed by atoms with van der Waals surface area (Å²) in [4.78, 5) is 12.8. The highest BCUT2D eigenvalue weighted by Gasteiger charge is 2.45. The van der Waals surface area contributed by atoms with Gasteiger partial charge in [0.25, 0.3) is 0 Å². The number of amides is 1. The molecule has 3 rings (SSSR count). The number of carbonyl (C=O) groups is 1. The van der Waals surface area contributed by atoms with Gasteiger partial charge in [-0.25, -0.2) is 0 Å². The van der Waals surface area contributed by atoms with E-state index in [1.165, 1.54) is 12.8 Å². The van der Waals surface area contributed by atoms with Crippen molar-refractivity contribution >= 4 is 41.5 Å². The van der Waals surface area contributed by atoms with Crippen LogP contribution in [0.3, 0.4) is 0 Å². The molecule has 23 heavy (non-hydrogen) atoms. The highest BCUT2D eigenvalue weighted by atomic mass is 35.5. The molecule has 1 aromatic rings. The molecule has 2 N–H and O–H groups in total. The minimum Gasteiger partial charge on any atom is -0.355 e. The summed E-state index contributed by atoms with van der Waals surface area (Å²) >= 11 is 12.1. The summed E-state index contributed by atoms with van der Waals surface area (Å²) < 4.78 is 0. The Morgan fingerprint density at radius 1 is 1.26 bits per heavy atom. The van der Waals surface area contributed by atoms with Gasteiger partial charge in [0.2, 0.25) is 5.91 Å². The lowest BCUT2D eigenvalue weighted by molar-refractivity contribution is -0.130. The molecular formula is C17H23Cl3N2O. The minimum atomic E-state index is -0.406. The maximum atomic E-state index is 12.8. The lowest BCUT2D eigenvalue weighted by Crippen LogP contribution is -2.51. The van der Waals surface area contributed by atoms with Crippen LogP contribution in [0, 0.1) is 5.92 Å². The predicted molar refractivity (Wildman–Crippen MR) is 97.8 cm³/mol. The summed E-state index contributed by atoms with van der Waals surface area (Å²) in [5.74, 6) is 0.686. The van der Waals surface area contributed by atoms with Crippen LogP contribution in [-0.4, -0.2) is 25.5 Å². The Kier molecular flexibility index (Phi) is 6.61. The van der Waals surface area contributed by atoms with Crippen LogP contribution in [0.2, 0.25) is 10.0 Å². The van der Waals surface area contributed by atoms with Crippen molar-refractivity contribution in [3.8, 4) is 0 Å². The monoisotopic (exact) mass is 376 g/mol. The molecule has 0 bridgehead atoms. The largest absolute Gasteiger partial charge is 0.355 e. The average Bonchev–Trinajstić information content (AvgIpc) is 2.49. The molecule has 1 heterocycles. The standard InChI is InChI=1S/C17H22Cl2N2O.ClH/c18-14-5-4-13(9-15(14)19)17(6-2-7-17)16(22)21-11-12-3-1-8-20-10-12;/h4-5,9,12,20H,1-3,6-8,10-11H2,(H,21,22);1H. The third kappa shape index (κ3) is 3.96. The van der Waals surface area contributed by atoms with Gasteiger partial charge in [-0.2, -0.15) is 0 Å². The number of benzene rings is 1. The fraction of sp³-hybridized carbons (Fsp3) is 0.588. The quantitative estimate of drug-likeness (QED) is 0.834. The van der Waals surface area contributed by atoms with Crippen LogP contribution in [0.4, 0.5) is 0 Å². The Labute approximate surface area is 153 Å². The molecule has 1 aliphatic heterocycles. The Hall–Kier alpha value is -0.480. The third-order valence-corrected chi connectivity index (χ3v) is 5.80. The summed E-state index contributed by atoms with van der Waals surface area (Å²) in [5.41, 5.74) is 0.587. The van der Waals surface area contributed by atoms with Crippen LogP contribution in [-0.2, 0) is 10.2 Å². The van der Waals surface area contributed by atoms with Gasteiger partial charge in [-0.1, -0.05) is 35.7 Å². The zero-order valence-corrected chi connectivity index (χ0v) is 15.4. The maximum Gasteiger partial charge on any atom is 0.230 e. The number of hydrogen-bond donors (Lipinski definition) is 2. The molecule has 0 spiro atoms. The summed E-state index contributed by atoms with van der Waals surface area (Å²) in [6.45, 7) is 2.85. The Bertz CT molecular complexity index is 555. The molecule has 0 radical (unpaired) electrons. The normalized spacial score (nSPS) is 22.6. The second-order valence-electron chi connectivity index (χ2n) is 6.49. The first-order valence-electron chi connectivity index (χ1n) is 8.06.